The highest BCUT2D eigenvalue weighted by Gasteiger charge is 2.19. The van der Waals surface area contributed by atoms with Crippen molar-refractivity contribution < 1.29 is 23.0 Å². The quantitative estimate of drug-likeness (QED) is 0.693. The normalized spacial score (nSPS) is 10.6. The molecule has 8 heteroatoms. The zero-order valence-corrected chi connectivity index (χ0v) is 14.3. The predicted molar refractivity (Wildman–Crippen MR) is 91.9 cm³/mol. The lowest BCUT2D eigenvalue weighted by Crippen LogP contribution is -2.26. The maximum Gasteiger partial charge on any atom is 0.387 e. The SMILES string of the molecule is COc1cccc(C(=O)NCCCCn2ccccc2=O)c1OC(F)F. The Morgan fingerprint density at radius 1 is 1.19 bits per heavy atom. The third-order valence-corrected chi connectivity index (χ3v) is 3.66. The minimum Gasteiger partial charge on any atom is -0.493 e. The summed E-state index contributed by atoms with van der Waals surface area (Å²) >= 11 is 0. The molecule has 1 N–H and O–H groups in total. The lowest BCUT2D eigenvalue weighted by Gasteiger charge is -2.14. The number of carbonyl (C=O) groups excluding carboxylic acids is 1. The Labute approximate surface area is 149 Å². The average Bonchev–Trinajstić information content (AvgIpc) is 2.62. The maximum atomic E-state index is 12.6. The van der Waals surface area contributed by atoms with Crippen molar-refractivity contribution in [1.29, 1.82) is 0 Å². The maximum absolute atomic E-state index is 12.6. The summed E-state index contributed by atoms with van der Waals surface area (Å²) in [4.78, 5) is 23.8. The first-order valence-corrected chi connectivity index (χ1v) is 8.08. The molecule has 0 fully saturated rings. The largest absolute Gasteiger partial charge is 0.493 e. The lowest BCUT2D eigenvalue weighted by atomic mass is 10.1. The number of aryl methyl sites for hydroxylation is 1. The van der Waals surface area contributed by atoms with E-state index in [2.05, 4.69) is 10.1 Å². The second-order valence-corrected chi connectivity index (χ2v) is 5.41. The van der Waals surface area contributed by atoms with Gasteiger partial charge >= 0.3 is 6.61 Å². The Morgan fingerprint density at radius 3 is 2.69 bits per heavy atom. The van der Waals surface area contributed by atoms with E-state index in [0.29, 0.717) is 25.9 Å². The van der Waals surface area contributed by atoms with Gasteiger partial charge in [-0.05, 0) is 31.0 Å². The van der Waals surface area contributed by atoms with E-state index in [1.54, 1.807) is 22.9 Å². The molecule has 0 saturated heterocycles. The summed E-state index contributed by atoms with van der Waals surface area (Å²) in [6, 6.07) is 9.27. The molecule has 0 bridgehead atoms. The Hall–Kier alpha value is -2.90. The monoisotopic (exact) mass is 366 g/mol. The van der Waals surface area contributed by atoms with Crippen molar-refractivity contribution in [3.63, 3.8) is 0 Å². The van der Waals surface area contributed by atoms with Crippen LogP contribution in [0.25, 0.3) is 0 Å². The average molecular weight is 366 g/mol. The van der Waals surface area contributed by atoms with Crippen molar-refractivity contribution in [1.82, 2.24) is 9.88 Å². The standard InChI is InChI=1S/C18H20F2N2O4/c1-25-14-8-6-7-13(16(14)26-18(19)20)17(24)21-10-3-5-12-22-11-4-2-9-15(22)23/h2,4,6-9,11,18H,3,5,10,12H2,1H3,(H,21,24). The summed E-state index contributed by atoms with van der Waals surface area (Å²) in [5.41, 5.74) is -0.106. The van der Waals surface area contributed by atoms with Crippen LogP contribution >= 0.6 is 0 Å². The molecule has 26 heavy (non-hydrogen) atoms. The number of amides is 1. The molecule has 6 nitrogen and oxygen atoms in total. The van der Waals surface area contributed by atoms with Crippen molar-refractivity contribution in [3.8, 4) is 11.5 Å². The minimum atomic E-state index is -3.07. The third-order valence-electron chi connectivity index (χ3n) is 3.66. The van der Waals surface area contributed by atoms with Gasteiger partial charge < -0.3 is 19.4 Å². The first kappa shape index (κ1) is 19.4. The van der Waals surface area contributed by atoms with Crippen LogP contribution in [0.4, 0.5) is 8.78 Å². The topological polar surface area (TPSA) is 69.6 Å². The van der Waals surface area contributed by atoms with Gasteiger partial charge in [-0.15, -0.1) is 0 Å². The van der Waals surface area contributed by atoms with Crippen LogP contribution in [-0.2, 0) is 6.54 Å². The van der Waals surface area contributed by atoms with Crippen LogP contribution < -0.4 is 20.3 Å². The molecule has 0 saturated carbocycles. The molecule has 140 valence electrons. The number of alkyl halides is 2. The fraction of sp³-hybridized carbons (Fsp3) is 0.333. The third kappa shape index (κ3) is 5.30. The Balaban J connectivity index is 1.90. The van der Waals surface area contributed by atoms with Gasteiger partial charge in [0.2, 0.25) is 5.56 Å². The molecule has 1 amide bonds. The van der Waals surface area contributed by atoms with Crippen molar-refractivity contribution in [2.24, 2.45) is 0 Å². The van der Waals surface area contributed by atoms with Crippen LogP contribution in [0.3, 0.4) is 0 Å². The summed E-state index contributed by atoms with van der Waals surface area (Å²) in [5, 5.41) is 2.66. The first-order chi connectivity index (χ1) is 12.5. The zero-order chi connectivity index (χ0) is 18.9. The van der Waals surface area contributed by atoms with Gasteiger partial charge in [-0.2, -0.15) is 8.78 Å². The second kappa shape index (κ2) is 9.55. The van der Waals surface area contributed by atoms with Crippen LogP contribution in [0.2, 0.25) is 0 Å². The Kier molecular flexibility index (Phi) is 7.13. The number of nitrogens with one attached hydrogen (secondary N) is 1. The number of halogens is 2. The molecule has 0 spiro atoms. The van der Waals surface area contributed by atoms with Crippen molar-refractivity contribution in [3.05, 3.63) is 58.5 Å². The minimum absolute atomic E-state index is 0.0241. The number of para-hydroxylation sites is 1. The number of hydrogen-bond acceptors (Lipinski definition) is 4. The Bertz CT molecular complexity index is 793. The number of aromatic nitrogens is 1. The van der Waals surface area contributed by atoms with Gasteiger partial charge in [0.15, 0.2) is 11.5 Å². The predicted octanol–water partition coefficient (Wildman–Crippen LogP) is 2.67. The molecular weight excluding hydrogens is 346 g/mol. The number of methoxy groups -OCH3 is 1. The molecule has 0 aliphatic carbocycles. The molecule has 2 rings (SSSR count). The van der Waals surface area contributed by atoms with Gasteiger partial charge in [0.25, 0.3) is 5.91 Å². The molecule has 0 aliphatic heterocycles. The van der Waals surface area contributed by atoms with Crippen molar-refractivity contribution >= 4 is 5.91 Å². The van der Waals surface area contributed by atoms with Gasteiger partial charge in [0.1, 0.15) is 0 Å². The molecule has 1 heterocycles. The molecule has 0 radical (unpaired) electrons. The summed E-state index contributed by atoms with van der Waals surface area (Å²) in [5.74, 6) is -0.767. The van der Waals surface area contributed by atoms with E-state index >= 15 is 0 Å². The van der Waals surface area contributed by atoms with Crippen LogP contribution in [0.1, 0.15) is 23.2 Å². The molecule has 0 unspecified atom stereocenters. The summed E-state index contributed by atoms with van der Waals surface area (Å²) < 4.78 is 36.2. The van der Waals surface area contributed by atoms with E-state index < -0.39 is 12.5 Å². The van der Waals surface area contributed by atoms with E-state index in [-0.39, 0.29) is 22.6 Å². The summed E-state index contributed by atoms with van der Waals surface area (Å²) in [6.45, 7) is -2.19. The number of pyridine rings is 1. The smallest absolute Gasteiger partial charge is 0.387 e. The van der Waals surface area contributed by atoms with Crippen molar-refractivity contribution in [2.45, 2.75) is 26.0 Å². The molecule has 0 atom stereocenters. The number of benzene rings is 1. The molecule has 2 aromatic rings. The highest BCUT2D eigenvalue weighted by atomic mass is 19.3. The number of ether oxygens (including phenoxy) is 2. The van der Waals surface area contributed by atoms with Crippen LogP contribution in [0.5, 0.6) is 11.5 Å². The molecular formula is C18H20F2N2O4. The summed E-state index contributed by atoms with van der Waals surface area (Å²) in [7, 11) is 1.31. The van der Waals surface area contributed by atoms with Gasteiger partial charge in [-0.25, -0.2) is 0 Å². The van der Waals surface area contributed by atoms with Crippen LogP contribution in [-0.4, -0.2) is 30.7 Å². The van der Waals surface area contributed by atoms with E-state index in [0.717, 1.165) is 0 Å². The van der Waals surface area contributed by atoms with E-state index in [1.807, 2.05) is 0 Å². The molecule has 0 aliphatic rings. The molecule has 1 aromatic heterocycles. The number of carbonyl (C=O) groups is 1. The van der Waals surface area contributed by atoms with Crippen LogP contribution in [0.15, 0.2) is 47.4 Å². The molecule has 1 aromatic carbocycles. The van der Waals surface area contributed by atoms with Gasteiger partial charge in [-0.3, -0.25) is 9.59 Å². The van der Waals surface area contributed by atoms with E-state index in [4.69, 9.17) is 4.74 Å². The van der Waals surface area contributed by atoms with Crippen LogP contribution in [0, 0.1) is 0 Å². The fourth-order valence-electron chi connectivity index (χ4n) is 2.42. The van der Waals surface area contributed by atoms with Gasteiger partial charge in [0.05, 0.1) is 12.7 Å². The number of rotatable bonds is 9. The lowest BCUT2D eigenvalue weighted by molar-refractivity contribution is -0.0515. The first-order valence-electron chi connectivity index (χ1n) is 8.08. The highest BCUT2D eigenvalue weighted by molar-refractivity contribution is 5.97. The van der Waals surface area contributed by atoms with Gasteiger partial charge in [-0.1, -0.05) is 12.1 Å². The number of nitrogens with zero attached hydrogens (tertiary/aromatic N) is 1. The number of unbranched alkanes of at least 4 members (excludes halogenated alkanes) is 1. The highest BCUT2D eigenvalue weighted by Crippen LogP contribution is 2.32. The van der Waals surface area contributed by atoms with E-state index in [1.165, 1.54) is 31.4 Å². The summed E-state index contributed by atoms with van der Waals surface area (Å²) in [6.07, 6.45) is 3.01. The van der Waals surface area contributed by atoms with Crippen molar-refractivity contribution in [2.75, 3.05) is 13.7 Å². The van der Waals surface area contributed by atoms with E-state index in [9.17, 15) is 18.4 Å². The van der Waals surface area contributed by atoms with Gasteiger partial charge in [0, 0.05) is 25.4 Å². The fourth-order valence-corrected chi connectivity index (χ4v) is 2.42. The zero-order valence-electron chi connectivity index (χ0n) is 14.3. The number of hydrogen-bond donors (Lipinski definition) is 1. The second-order valence-electron chi connectivity index (χ2n) is 5.41. The Morgan fingerprint density at radius 2 is 2.00 bits per heavy atom.